The Morgan fingerprint density at radius 3 is 2.45 bits per heavy atom. The Bertz CT molecular complexity index is 1690. The molecule has 5 rings (SSSR count). The summed E-state index contributed by atoms with van der Waals surface area (Å²) >= 11 is 6.12. The first-order valence-electron chi connectivity index (χ1n) is 15.7. The van der Waals surface area contributed by atoms with E-state index in [0.717, 1.165) is 7.11 Å². The van der Waals surface area contributed by atoms with Gasteiger partial charge in [-0.05, 0) is 86.6 Å². The average molecular weight is 689 g/mol. The second-order valence-electron chi connectivity index (χ2n) is 12.1. The summed E-state index contributed by atoms with van der Waals surface area (Å²) in [5, 5.41) is 8.81. The molecule has 1 saturated heterocycles. The number of anilines is 1. The van der Waals surface area contributed by atoms with Crippen LogP contribution in [0.15, 0.2) is 66.7 Å². The minimum absolute atomic E-state index is 0.186. The number of rotatable bonds is 12. The molecular weight excluding hydrogens is 650 g/mol. The van der Waals surface area contributed by atoms with E-state index in [1.165, 1.54) is 30.3 Å². The molecule has 2 fully saturated rings. The number of nitrogens with one attached hydrogen (secondary N) is 3. The van der Waals surface area contributed by atoms with Crippen molar-refractivity contribution in [2.24, 2.45) is 0 Å². The predicted octanol–water partition coefficient (Wildman–Crippen LogP) is 5.59. The Hall–Kier alpha value is -3.58. The Balaban J connectivity index is 1.39. The van der Waals surface area contributed by atoms with Gasteiger partial charge in [0.05, 0.1) is 12.4 Å². The summed E-state index contributed by atoms with van der Waals surface area (Å²) in [6.45, 7) is 2.97. The highest BCUT2D eigenvalue weighted by molar-refractivity contribution is 7.90. The summed E-state index contributed by atoms with van der Waals surface area (Å²) in [6, 6.07) is 14.9. The van der Waals surface area contributed by atoms with E-state index in [0.29, 0.717) is 54.9 Å². The molecular formula is C34H39ClF2N4O5S. The molecule has 3 N–H and O–H groups in total. The van der Waals surface area contributed by atoms with Gasteiger partial charge in [0.2, 0.25) is 15.9 Å². The van der Waals surface area contributed by atoms with Gasteiger partial charge < -0.3 is 20.7 Å². The number of carbonyl (C=O) groups excluding carboxylic acids is 2. The Labute approximate surface area is 279 Å². The van der Waals surface area contributed by atoms with Gasteiger partial charge in [-0.2, -0.15) is 4.31 Å². The number of alkyl carbamates (subject to hydrolysis) is 1. The maximum absolute atomic E-state index is 15.3. The first kappa shape index (κ1) is 34.7. The fourth-order valence-corrected chi connectivity index (χ4v) is 8.69. The zero-order valence-electron chi connectivity index (χ0n) is 26.2. The minimum atomic E-state index is -3.41. The molecule has 0 aromatic heterocycles. The van der Waals surface area contributed by atoms with Gasteiger partial charge >= 0.3 is 6.09 Å². The lowest BCUT2D eigenvalue weighted by Crippen LogP contribution is -2.58. The molecule has 0 radical (unpaired) electrons. The zero-order chi connectivity index (χ0) is 33.7. The van der Waals surface area contributed by atoms with Gasteiger partial charge in [0.1, 0.15) is 17.7 Å². The van der Waals surface area contributed by atoms with Gasteiger partial charge in [-0.3, -0.25) is 4.79 Å². The van der Waals surface area contributed by atoms with Crippen LogP contribution in [0, 0.1) is 11.6 Å². The van der Waals surface area contributed by atoms with Crippen molar-refractivity contribution in [3.8, 4) is 0 Å². The lowest BCUT2D eigenvalue weighted by molar-refractivity contribution is -0.118. The normalized spacial score (nSPS) is 19.9. The molecule has 1 aliphatic carbocycles. The summed E-state index contributed by atoms with van der Waals surface area (Å²) in [5.74, 6) is -2.62. The molecule has 0 bridgehead atoms. The number of sulfonamides is 1. The summed E-state index contributed by atoms with van der Waals surface area (Å²) in [7, 11) is -2.25. The number of carbonyl (C=O) groups is 2. The molecule has 0 spiro atoms. The smallest absolute Gasteiger partial charge is 0.407 e. The first-order valence-corrected chi connectivity index (χ1v) is 17.5. The minimum Gasteiger partial charge on any atom is -0.453 e. The molecule has 3 aromatic rings. The van der Waals surface area contributed by atoms with E-state index in [2.05, 4.69) is 16.0 Å². The fourth-order valence-electron chi connectivity index (χ4n) is 6.31. The lowest BCUT2D eigenvalue weighted by atomic mass is 9.84. The zero-order valence-corrected chi connectivity index (χ0v) is 27.8. The molecule has 3 aromatic carbocycles. The number of benzene rings is 3. The number of piperazine rings is 1. The van der Waals surface area contributed by atoms with Crippen LogP contribution in [0.2, 0.25) is 5.02 Å². The number of amides is 2. The van der Waals surface area contributed by atoms with Gasteiger partial charge in [0, 0.05) is 47.4 Å². The molecule has 4 atom stereocenters. The van der Waals surface area contributed by atoms with Crippen molar-refractivity contribution < 1.29 is 31.5 Å². The van der Waals surface area contributed by atoms with Crippen molar-refractivity contribution >= 4 is 39.3 Å². The quantitative estimate of drug-likeness (QED) is 0.229. The second-order valence-corrected chi connectivity index (χ2v) is 14.6. The molecule has 2 aliphatic rings. The second kappa shape index (κ2) is 15.1. The standard InChI is InChI=1S/C34H39ClF2N4O5S/c1-21-19-38-20-26(41(21)47(44,45)27-16-17-27)8-4-9-28-29(37)10-5-11-30(28)39-33(42)32(40-34(43)46-2)31(22-12-14-24(35)15-13-22)23-6-3-7-25(36)18-23/h3,5-7,10-15,18,21,26-27,31-32,38H,4,8-9,16-17,19-20H2,1-2H3,(H,39,42)(H,40,43)/t21-,26-,31-,32-/m0/s1. The molecule has 1 heterocycles. The molecule has 13 heteroatoms. The van der Waals surface area contributed by atoms with Gasteiger partial charge in [-0.15, -0.1) is 0 Å². The van der Waals surface area contributed by atoms with Crippen molar-refractivity contribution in [3.05, 3.63) is 100 Å². The van der Waals surface area contributed by atoms with Crippen molar-refractivity contribution in [1.29, 1.82) is 0 Å². The van der Waals surface area contributed by atoms with E-state index in [-0.39, 0.29) is 35.0 Å². The average Bonchev–Trinajstić information content (AvgIpc) is 3.89. The monoisotopic (exact) mass is 688 g/mol. The van der Waals surface area contributed by atoms with E-state index >= 15 is 4.39 Å². The number of hydrogen-bond donors (Lipinski definition) is 3. The highest BCUT2D eigenvalue weighted by Crippen LogP contribution is 2.35. The summed E-state index contributed by atoms with van der Waals surface area (Å²) < 4.78 is 62.6. The van der Waals surface area contributed by atoms with Crippen molar-refractivity contribution in [2.75, 3.05) is 25.5 Å². The van der Waals surface area contributed by atoms with Crippen LogP contribution in [0.3, 0.4) is 0 Å². The molecule has 252 valence electrons. The Morgan fingerprint density at radius 1 is 1.04 bits per heavy atom. The third-order valence-electron chi connectivity index (χ3n) is 8.71. The fraction of sp³-hybridized carbons (Fsp3) is 0.412. The third kappa shape index (κ3) is 8.29. The highest BCUT2D eigenvalue weighted by Gasteiger charge is 2.45. The van der Waals surface area contributed by atoms with E-state index in [1.54, 1.807) is 40.7 Å². The topological polar surface area (TPSA) is 117 Å². The predicted molar refractivity (Wildman–Crippen MR) is 177 cm³/mol. The van der Waals surface area contributed by atoms with Gasteiger partial charge in [0.25, 0.3) is 0 Å². The molecule has 47 heavy (non-hydrogen) atoms. The molecule has 9 nitrogen and oxygen atoms in total. The van der Waals surface area contributed by atoms with Crippen LogP contribution in [0.1, 0.15) is 55.2 Å². The molecule has 2 amide bonds. The number of halogens is 3. The van der Waals surface area contributed by atoms with Crippen LogP contribution >= 0.6 is 11.6 Å². The molecule has 1 saturated carbocycles. The van der Waals surface area contributed by atoms with Crippen molar-refractivity contribution in [3.63, 3.8) is 0 Å². The SMILES string of the molecule is COC(=O)N[C@H](C(=O)Nc1cccc(F)c1CCC[C@H]1CNC[C@H](C)N1S(=O)(=O)C1CC1)[C@@H](c1ccc(Cl)cc1)c1cccc(F)c1. The molecule has 1 aliphatic heterocycles. The van der Waals surface area contributed by atoms with Gasteiger partial charge in [0.15, 0.2) is 0 Å². The van der Waals surface area contributed by atoms with E-state index in [1.807, 2.05) is 6.92 Å². The van der Waals surface area contributed by atoms with Gasteiger partial charge in [-0.1, -0.05) is 41.9 Å². The van der Waals surface area contributed by atoms with Crippen LogP contribution in [0.4, 0.5) is 19.3 Å². The first-order chi connectivity index (χ1) is 22.5. The summed E-state index contributed by atoms with van der Waals surface area (Å²) in [4.78, 5) is 26.6. The van der Waals surface area contributed by atoms with Crippen LogP contribution in [-0.2, 0) is 26.0 Å². The maximum Gasteiger partial charge on any atom is 0.407 e. The Morgan fingerprint density at radius 2 is 1.77 bits per heavy atom. The number of hydrogen-bond acceptors (Lipinski definition) is 6. The van der Waals surface area contributed by atoms with E-state index in [9.17, 15) is 22.4 Å². The van der Waals surface area contributed by atoms with Crippen LogP contribution in [0.5, 0.6) is 0 Å². The summed E-state index contributed by atoms with van der Waals surface area (Å²) in [6.07, 6.45) is 1.64. The lowest BCUT2D eigenvalue weighted by Gasteiger charge is -2.40. The largest absolute Gasteiger partial charge is 0.453 e. The van der Waals surface area contributed by atoms with Crippen LogP contribution in [-0.4, -0.2) is 68.3 Å². The number of ether oxygens (including phenoxy) is 1. The van der Waals surface area contributed by atoms with E-state index in [4.69, 9.17) is 16.3 Å². The van der Waals surface area contributed by atoms with Crippen LogP contribution in [0.25, 0.3) is 0 Å². The number of nitrogens with zero attached hydrogens (tertiary/aromatic N) is 1. The molecule has 0 unspecified atom stereocenters. The van der Waals surface area contributed by atoms with Gasteiger partial charge in [-0.25, -0.2) is 22.0 Å². The van der Waals surface area contributed by atoms with Crippen LogP contribution < -0.4 is 16.0 Å². The number of methoxy groups -OCH3 is 1. The van der Waals surface area contributed by atoms with Crippen molar-refractivity contribution in [1.82, 2.24) is 14.9 Å². The van der Waals surface area contributed by atoms with Crippen molar-refractivity contribution in [2.45, 2.75) is 68.3 Å². The highest BCUT2D eigenvalue weighted by atomic mass is 35.5. The Kier molecular flexibility index (Phi) is 11.2. The maximum atomic E-state index is 15.3. The summed E-state index contributed by atoms with van der Waals surface area (Å²) in [5.41, 5.74) is 1.43. The van der Waals surface area contributed by atoms with E-state index < -0.39 is 45.6 Å². The third-order valence-corrected chi connectivity index (χ3v) is 11.5.